The Morgan fingerprint density at radius 2 is 2.29 bits per heavy atom. The summed E-state index contributed by atoms with van der Waals surface area (Å²) < 4.78 is 2.16. The van der Waals surface area contributed by atoms with Gasteiger partial charge >= 0.3 is 5.97 Å². The first-order valence-corrected chi connectivity index (χ1v) is 7.88. The van der Waals surface area contributed by atoms with Gasteiger partial charge < -0.3 is 9.67 Å². The standard InChI is InChI=1S/C16H19ClN2O2/c1-2-8-19-14-9-10(17)6-7-13(14)18-15(19)11-4-3-5-12(11)16(20)21/h6-7,9,11-12H,2-5,8H2,1H3,(H,20,21). The van der Waals surface area contributed by atoms with Gasteiger partial charge in [0.05, 0.1) is 17.0 Å². The van der Waals surface area contributed by atoms with Gasteiger partial charge in [-0.05, 0) is 37.5 Å². The van der Waals surface area contributed by atoms with Crippen LogP contribution < -0.4 is 0 Å². The van der Waals surface area contributed by atoms with E-state index < -0.39 is 5.97 Å². The predicted octanol–water partition coefficient (Wildman–Crippen LogP) is 4.07. The van der Waals surface area contributed by atoms with E-state index in [1.807, 2.05) is 18.2 Å². The van der Waals surface area contributed by atoms with E-state index in [0.717, 1.165) is 49.1 Å². The van der Waals surface area contributed by atoms with Crippen LogP contribution >= 0.6 is 11.6 Å². The van der Waals surface area contributed by atoms with Crippen LogP contribution in [0.2, 0.25) is 5.02 Å². The Labute approximate surface area is 128 Å². The van der Waals surface area contributed by atoms with Crippen molar-refractivity contribution >= 4 is 28.6 Å². The first-order chi connectivity index (χ1) is 10.1. The first-order valence-electron chi connectivity index (χ1n) is 7.50. The molecule has 1 fully saturated rings. The number of carboxylic acid groups (broad SMARTS) is 1. The lowest BCUT2D eigenvalue weighted by molar-refractivity contribution is -0.142. The number of benzene rings is 1. The number of hydrogen-bond acceptors (Lipinski definition) is 2. The Morgan fingerprint density at radius 3 is 3.00 bits per heavy atom. The van der Waals surface area contributed by atoms with Crippen LogP contribution in [0.1, 0.15) is 44.3 Å². The number of aryl methyl sites for hydroxylation is 1. The SMILES string of the molecule is CCCn1c(C2CCCC2C(=O)O)nc2ccc(Cl)cc21. The number of nitrogens with zero attached hydrogens (tertiary/aromatic N) is 2. The third-order valence-electron chi connectivity index (χ3n) is 4.35. The average Bonchev–Trinajstić information content (AvgIpc) is 3.04. The lowest BCUT2D eigenvalue weighted by Gasteiger charge is -2.17. The Hall–Kier alpha value is -1.55. The highest BCUT2D eigenvalue weighted by Crippen LogP contribution is 2.40. The number of hydrogen-bond donors (Lipinski definition) is 1. The number of carboxylic acids is 1. The molecule has 0 radical (unpaired) electrons. The van der Waals surface area contributed by atoms with E-state index in [2.05, 4.69) is 11.5 Å². The van der Waals surface area contributed by atoms with Crippen LogP contribution in [0.25, 0.3) is 11.0 Å². The molecule has 2 atom stereocenters. The molecule has 5 heteroatoms. The summed E-state index contributed by atoms with van der Waals surface area (Å²) in [6, 6.07) is 5.67. The molecule has 21 heavy (non-hydrogen) atoms. The summed E-state index contributed by atoms with van der Waals surface area (Å²) in [4.78, 5) is 16.2. The van der Waals surface area contributed by atoms with E-state index in [0.29, 0.717) is 5.02 Å². The minimum Gasteiger partial charge on any atom is -0.481 e. The third-order valence-corrected chi connectivity index (χ3v) is 4.59. The van der Waals surface area contributed by atoms with Crippen LogP contribution in [-0.4, -0.2) is 20.6 Å². The summed E-state index contributed by atoms with van der Waals surface area (Å²) >= 11 is 6.10. The van der Waals surface area contributed by atoms with Crippen LogP contribution in [0.15, 0.2) is 18.2 Å². The summed E-state index contributed by atoms with van der Waals surface area (Å²) in [5.41, 5.74) is 1.91. The van der Waals surface area contributed by atoms with Crippen molar-refractivity contribution in [2.45, 2.75) is 45.1 Å². The van der Waals surface area contributed by atoms with Crippen molar-refractivity contribution in [2.75, 3.05) is 0 Å². The van der Waals surface area contributed by atoms with Crippen molar-refractivity contribution in [3.05, 3.63) is 29.0 Å². The van der Waals surface area contributed by atoms with Gasteiger partial charge in [0.25, 0.3) is 0 Å². The van der Waals surface area contributed by atoms with Crippen LogP contribution in [0.3, 0.4) is 0 Å². The minimum absolute atomic E-state index is 0.0141. The molecule has 0 spiro atoms. The van der Waals surface area contributed by atoms with Crippen molar-refractivity contribution in [3.63, 3.8) is 0 Å². The maximum atomic E-state index is 11.5. The van der Waals surface area contributed by atoms with Gasteiger partial charge in [-0.2, -0.15) is 0 Å². The van der Waals surface area contributed by atoms with Gasteiger partial charge in [-0.25, -0.2) is 4.98 Å². The van der Waals surface area contributed by atoms with Crippen molar-refractivity contribution in [2.24, 2.45) is 5.92 Å². The Kier molecular flexibility index (Phi) is 3.89. The van der Waals surface area contributed by atoms with Gasteiger partial charge in [0, 0.05) is 17.5 Å². The number of rotatable bonds is 4. The van der Waals surface area contributed by atoms with Gasteiger partial charge in [0.15, 0.2) is 0 Å². The van der Waals surface area contributed by atoms with Crippen LogP contribution in [0.4, 0.5) is 0 Å². The fraction of sp³-hybridized carbons (Fsp3) is 0.500. The number of imidazole rings is 1. The molecule has 0 amide bonds. The molecule has 1 aliphatic rings. The number of halogens is 1. The molecule has 0 aliphatic heterocycles. The second-order valence-corrected chi connectivity index (χ2v) is 6.17. The third kappa shape index (κ3) is 2.53. The molecule has 112 valence electrons. The molecule has 0 saturated heterocycles. The zero-order valence-corrected chi connectivity index (χ0v) is 12.8. The highest BCUT2D eigenvalue weighted by molar-refractivity contribution is 6.31. The summed E-state index contributed by atoms with van der Waals surface area (Å²) in [6.07, 6.45) is 3.58. The second kappa shape index (κ2) is 5.68. The van der Waals surface area contributed by atoms with Gasteiger partial charge in [-0.1, -0.05) is 24.9 Å². The highest BCUT2D eigenvalue weighted by atomic mass is 35.5. The fourth-order valence-electron chi connectivity index (χ4n) is 3.42. The smallest absolute Gasteiger partial charge is 0.307 e. The maximum absolute atomic E-state index is 11.5. The Balaban J connectivity index is 2.12. The van der Waals surface area contributed by atoms with E-state index >= 15 is 0 Å². The molecule has 4 nitrogen and oxygen atoms in total. The van der Waals surface area contributed by atoms with E-state index in [4.69, 9.17) is 16.6 Å². The lowest BCUT2D eigenvalue weighted by atomic mass is 9.95. The molecule has 1 saturated carbocycles. The summed E-state index contributed by atoms with van der Waals surface area (Å²) in [5, 5.41) is 10.1. The normalized spacial score (nSPS) is 22.0. The van der Waals surface area contributed by atoms with Gasteiger partial charge in [0.1, 0.15) is 5.82 Å². The van der Waals surface area contributed by atoms with Gasteiger partial charge in [0.2, 0.25) is 0 Å². The van der Waals surface area contributed by atoms with Crippen molar-refractivity contribution in [3.8, 4) is 0 Å². The quantitative estimate of drug-likeness (QED) is 0.926. The van der Waals surface area contributed by atoms with Crippen molar-refractivity contribution < 1.29 is 9.90 Å². The lowest BCUT2D eigenvalue weighted by Crippen LogP contribution is -2.20. The molecule has 1 aromatic carbocycles. The van der Waals surface area contributed by atoms with Gasteiger partial charge in [-0.3, -0.25) is 4.79 Å². The minimum atomic E-state index is -0.703. The number of fused-ring (bicyclic) bond motifs is 1. The number of aliphatic carboxylic acids is 1. The first kappa shape index (κ1) is 14.4. The Morgan fingerprint density at radius 1 is 1.48 bits per heavy atom. The topological polar surface area (TPSA) is 55.1 Å². The molecule has 1 aliphatic carbocycles. The van der Waals surface area contributed by atoms with Crippen LogP contribution in [0.5, 0.6) is 0 Å². The maximum Gasteiger partial charge on any atom is 0.307 e. The summed E-state index contributed by atoms with van der Waals surface area (Å²) in [6.45, 7) is 2.96. The average molecular weight is 307 g/mol. The molecular formula is C16H19ClN2O2. The molecule has 1 aromatic heterocycles. The number of aromatic nitrogens is 2. The summed E-state index contributed by atoms with van der Waals surface area (Å²) in [5.74, 6) is -0.0854. The zero-order valence-electron chi connectivity index (χ0n) is 12.1. The molecular weight excluding hydrogens is 288 g/mol. The van der Waals surface area contributed by atoms with Crippen molar-refractivity contribution in [1.82, 2.24) is 9.55 Å². The fourth-order valence-corrected chi connectivity index (χ4v) is 3.59. The largest absolute Gasteiger partial charge is 0.481 e. The molecule has 2 unspecified atom stereocenters. The molecule has 0 bridgehead atoms. The van der Waals surface area contributed by atoms with E-state index in [1.54, 1.807) is 0 Å². The molecule has 1 N–H and O–H groups in total. The molecule has 2 aromatic rings. The number of carbonyl (C=O) groups is 1. The van der Waals surface area contributed by atoms with Crippen LogP contribution in [-0.2, 0) is 11.3 Å². The van der Waals surface area contributed by atoms with Gasteiger partial charge in [-0.15, -0.1) is 0 Å². The highest BCUT2D eigenvalue weighted by Gasteiger charge is 2.37. The van der Waals surface area contributed by atoms with Crippen molar-refractivity contribution in [1.29, 1.82) is 0 Å². The van der Waals surface area contributed by atoms with E-state index in [1.165, 1.54) is 0 Å². The predicted molar refractivity (Wildman–Crippen MR) is 82.8 cm³/mol. The summed E-state index contributed by atoms with van der Waals surface area (Å²) in [7, 11) is 0. The monoisotopic (exact) mass is 306 g/mol. The molecule has 1 heterocycles. The van der Waals surface area contributed by atoms with E-state index in [9.17, 15) is 9.90 Å². The van der Waals surface area contributed by atoms with Crippen LogP contribution in [0, 0.1) is 5.92 Å². The molecule has 3 rings (SSSR count). The Bertz CT molecular complexity index is 680. The zero-order chi connectivity index (χ0) is 15.0. The second-order valence-electron chi connectivity index (χ2n) is 5.74. The van der Waals surface area contributed by atoms with E-state index in [-0.39, 0.29) is 11.8 Å².